The monoisotopic (exact) mass is 245 g/mol. The molecule has 1 atom stereocenters. The first-order valence-electron chi connectivity index (χ1n) is 6.71. The maximum atomic E-state index is 12.6. The van der Waals surface area contributed by atoms with Crippen LogP contribution in [-0.4, -0.2) is 24.2 Å². The van der Waals surface area contributed by atoms with Gasteiger partial charge < -0.3 is 9.64 Å². The standard InChI is InChI=1S/C15H19NO2/c1-15(9-10-15)16(12-6-3-2-4-7-12)14(17)13-8-5-11-18-13/h2-4,6-7,13H,5,8-11H2,1H3/t13-/m1/s1. The van der Waals surface area contributed by atoms with E-state index in [1.54, 1.807) is 0 Å². The Morgan fingerprint density at radius 1 is 1.33 bits per heavy atom. The molecular formula is C15H19NO2. The van der Waals surface area contributed by atoms with Crippen LogP contribution in [0.2, 0.25) is 0 Å². The molecule has 0 spiro atoms. The zero-order valence-corrected chi connectivity index (χ0v) is 10.8. The molecule has 3 heteroatoms. The maximum Gasteiger partial charge on any atom is 0.256 e. The van der Waals surface area contributed by atoms with Gasteiger partial charge in [-0.25, -0.2) is 0 Å². The van der Waals surface area contributed by atoms with Crippen LogP contribution in [0, 0.1) is 0 Å². The Kier molecular flexibility index (Phi) is 2.86. The van der Waals surface area contributed by atoms with Gasteiger partial charge in [0.25, 0.3) is 5.91 Å². The van der Waals surface area contributed by atoms with Crippen LogP contribution in [-0.2, 0) is 9.53 Å². The summed E-state index contributed by atoms with van der Waals surface area (Å²) in [6, 6.07) is 9.97. The van der Waals surface area contributed by atoms with Crippen LogP contribution in [0.5, 0.6) is 0 Å². The van der Waals surface area contributed by atoms with E-state index < -0.39 is 0 Å². The highest BCUT2D eigenvalue weighted by atomic mass is 16.5. The molecule has 1 aliphatic carbocycles. The van der Waals surface area contributed by atoms with Crippen molar-refractivity contribution in [1.82, 2.24) is 0 Å². The van der Waals surface area contributed by atoms with Gasteiger partial charge >= 0.3 is 0 Å². The van der Waals surface area contributed by atoms with E-state index in [9.17, 15) is 4.79 Å². The second kappa shape index (κ2) is 4.39. The van der Waals surface area contributed by atoms with Crippen LogP contribution in [0.3, 0.4) is 0 Å². The number of hydrogen-bond donors (Lipinski definition) is 0. The van der Waals surface area contributed by atoms with Gasteiger partial charge in [0.1, 0.15) is 6.10 Å². The van der Waals surface area contributed by atoms with Crippen molar-refractivity contribution in [3.8, 4) is 0 Å². The fraction of sp³-hybridized carbons (Fsp3) is 0.533. The van der Waals surface area contributed by atoms with Gasteiger partial charge in [0, 0.05) is 17.8 Å². The molecule has 1 aromatic rings. The average molecular weight is 245 g/mol. The molecular weight excluding hydrogens is 226 g/mol. The molecule has 1 heterocycles. The van der Waals surface area contributed by atoms with E-state index in [-0.39, 0.29) is 17.6 Å². The number of anilines is 1. The van der Waals surface area contributed by atoms with Crippen LogP contribution < -0.4 is 4.90 Å². The minimum absolute atomic E-state index is 0.00435. The van der Waals surface area contributed by atoms with Crippen molar-refractivity contribution in [2.75, 3.05) is 11.5 Å². The van der Waals surface area contributed by atoms with Crippen LogP contribution in [0.15, 0.2) is 30.3 Å². The van der Waals surface area contributed by atoms with E-state index in [4.69, 9.17) is 4.74 Å². The molecule has 18 heavy (non-hydrogen) atoms. The van der Waals surface area contributed by atoms with Gasteiger partial charge in [0.2, 0.25) is 0 Å². The van der Waals surface area contributed by atoms with Crippen molar-refractivity contribution in [3.63, 3.8) is 0 Å². The molecule has 1 amide bonds. The molecule has 2 aliphatic rings. The predicted molar refractivity (Wildman–Crippen MR) is 70.5 cm³/mol. The summed E-state index contributed by atoms with van der Waals surface area (Å²) < 4.78 is 5.55. The normalized spacial score (nSPS) is 24.8. The summed E-state index contributed by atoms with van der Waals surface area (Å²) in [7, 11) is 0. The minimum Gasteiger partial charge on any atom is -0.368 e. The quantitative estimate of drug-likeness (QED) is 0.819. The Bertz CT molecular complexity index is 433. The van der Waals surface area contributed by atoms with Gasteiger partial charge in [-0.2, -0.15) is 0 Å². The summed E-state index contributed by atoms with van der Waals surface area (Å²) in [5.74, 6) is 0.138. The molecule has 1 saturated carbocycles. The summed E-state index contributed by atoms with van der Waals surface area (Å²) in [5, 5.41) is 0. The zero-order chi connectivity index (χ0) is 12.6. The Morgan fingerprint density at radius 3 is 2.61 bits per heavy atom. The summed E-state index contributed by atoms with van der Waals surface area (Å²) in [5.41, 5.74) is 1.00. The maximum absolute atomic E-state index is 12.6. The summed E-state index contributed by atoms with van der Waals surface area (Å²) in [6.45, 7) is 2.88. The largest absolute Gasteiger partial charge is 0.368 e. The van der Waals surface area contributed by atoms with Crippen LogP contribution in [0.25, 0.3) is 0 Å². The number of amides is 1. The highest BCUT2D eigenvalue weighted by molar-refractivity contribution is 5.98. The Labute approximate surface area is 108 Å². The van der Waals surface area contributed by atoms with Crippen LogP contribution in [0.1, 0.15) is 32.6 Å². The molecule has 1 aromatic carbocycles. The number of rotatable bonds is 3. The highest BCUT2D eigenvalue weighted by Crippen LogP contribution is 2.44. The van der Waals surface area contributed by atoms with Crippen molar-refractivity contribution in [1.29, 1.82) is 0 Å². The summed E-state index contributed by atoms with van der Waals surface area (Å²) in [6.07, 6.45) is 3.79. The van der Waals surface area contributed by atoms with Crippen LogP contribution in [0.4, 0.5) is 5.69 Å². The lowest BCUT2D eigenvalue weighted by molar-refractivity contribution is -0.127. The molecule has 96 valence electrons. The number of para-hydroxylation sites is 1. The molecule has 0 N–H and O–H groups in total. The number of ether oxygens (including phenoxy) is 1. The molecule has 0 unspecified atom stereocenters. The smallest absolute Gasteiger partial charge is 0.256 e. The van der Waals surface area contributed by atoms with Crippen molar-refractivity contribution in [3.05, 3.63) is 30.3 Å². The van der Waals surface area contributed by atoms with E-state index >= 15 is 0 Å². The Hall–Kier alpha value is -1.35. The number of hydrogen-bond acceptors (Lipinski definition) is 2. The molecule has 0 radical (unpaired) electrons. The Balaban J connectivity index is 1.89. The van der Waals surface area contributed by atoms with E-state index in [2.05, 4.69) is 6.92 Å². The molecule has 0 bridgehead atoms. The van der Waals surface area contributed by atoms with E-state index in [1.807, 2.05) is 35.2 Å². The summed E-state index contributed by atoms with van der Waals surface area (Å²) >= 11 is 0. The van der Waals surface area contributed by atoms with E-state index in [0.29, 0.717) is 0 Å². The number of carbonyl (C=O) groups is 1. The topological polar surface area (TPSA) is 29.5 Å². The fourth-order valence-electron chi connectivity index (χ4n) is 2.60. The van der Waals surface area contributed by atoms with Gasteiger partial charge in [-0.15, -0.1) is 0 Å². The second-order valence-corrected chi connectivity index (χ2v) is 5.51. The predicted octanol–water partition coefficient (Wildman–Crippen LogP) is 2.75. The van der Waals surface area contributed by atoms with E-state index in [0.717, 1.165) is 38.0 Å². The van der Waals surface area contributed by atoms with Gasteiger partial charge in [-0.3, -0.25) is 4.79 Å². The average Bonchev–Trinajstić information content (AvgIpc) is 2.94. The van der Waals surface area contributed by atoms with Gasteiger partial charge in [0.15, 0.2) is 0 Å². The first-order chi connectivity index (χ1) is 8.71. The van der Waals surface area contributed by atoms with E-state index in [1.165, 1.54) is 0 Å². The SMILES string of the molecule is CC1(N(C(=O)[C@H]2CCCO2)c2ccccc2)CC1. The molecule has 1 saturated heterocycles. The molecule has 0 aromatic heterocycles. The van der Waals surface area contributed by atoms with Crippen molar-refractivity contribution < 1.29 is 9.53 Å². The molecule has 2 fully saturated rings. The molecule has 3 nitrogen and oxygen atoms in total. The van der Waals surface area contributed by atoms with Gasteiger partial charge in [-0.1, -0.05) is 18.2 Å². The zero-order valence-electron chi connectivity index (χ0n) is 10.8. The first kappa shape index (κ1) is 11.7. The summed E-state index contributed by atoms with van der Waals surface area (Å²) in [4.78, 5) is 14.6. The third kappa shape index (κ3) is 2.03. The van der Waals surface area contributed by atoms with Gasteiger partial charge in [-0.05, 0) is 44.7 Å². The highest BCUT2D eigenvalue weighted by Gasteiger charge is 2.48. The third-order valence-electron chi connectivity index (χ3n) is 3.95. The van der Waals surface area contributed by atoms with Crippen molar-refractivity contribution in [2.45, 2.75) is 44.2 Å². The van der Waals surface area contributed by atoms with Crippen molar-refractivity contribution in [2.24, 2.45) is 0 Å². The fourth-order valence-corrected chi connectivity index (χ4v) is 2.60. The lowest BCUT2D eigenvalue weighted by Gasteiger charge is -2.31. The van der Waals surface area contributed by atoms with Gasteiger partial charge in [0.05, 0.1) is 0 Å². The van der Waals surface area contributed by atoms with Crippen LogP contribution >= 0.6 is 0 Å². The first-order valence-corrected chi connectivity index (χ1v) is 6.71. The Morgan fingerprint density at radius 2 is 2.06 bits per heavy atom. The molecule has 3 rings (SSSR count). The number of nitrogens with zero attached hydrogens (tertiary/aromatic N) is 1. The molecule has 1 aliphatic heterocycles. The minimum atomic E-state index is -0.234. The lowest BCUT2D eigenvalue weighted by Crippen LogP contribution is -2.46. The van der Waals surface area contributed by atoms with Crippen molar-refractivity contribution >= 4 is 11.6 Å². The number of benzene rings is 1. The second-order valence-electron chi connectivity index (χ2n) is 5.51. The third-order valence-corrected chi connectivity index (χ3v) is 3.95. The lowest BCUT2D eigenvalue weighted by atomic mass is 10.1. The number of carbonyl (C=O) groups excluding carboxylic acids is 1.